The number of hydrogen-bond donors (Lipinski definition) is 0. The molecule has 106 valence electrons. The molecule has 0 bridgehead atoms. The Morgan fingerprint density at radius 1 is 1.20 bits per heavy atom. The molecule has 1 aromatic carbocycles. The standard InChI is InChI=1S/C17H22N2O/c1-4-11-19(13-16-6-5-12-18(16)3)17(20)15-9-7-14(2)8-10-15/h5-10,12H,4,11,13H2,1-3H3. The summed E-state index contributed by atoms with van der Waals surface area (Å²) in [6, 6.07) is 11.9. The molecule has 1 amide bonds. The van der Waals surface area contributed by atoms with Gasteiger partial charge < -0.3 is 9.47 Å². The third-order valence-electron chi connectivity index (χ3n) is 3.48. The number of aromatic nitrogens is 1. The first-order valence-corrected chi connectivity index (χ1v) is 7.08. The number of aryl methyl sites for hydroxylation is 2. The molecule has 0 saturated carbocycles. The summed E-state index contributed by atoms with van der Waals surface area (Å²) in [5, 5.41) is 0. The van der Waals surface area contributed by atoms with E-state index >= 15 is 0 Å². The third-order valence-corrected chi connectivity index (χ3v) is 3.48. The Kier molecular flexibility index (Phi) is 4.61. The largest absolute Gasteiger partial charge is 0.353 e. The van der Waals surface area contributed by atoms with Gasteiger partial charge in [-0.3, -0.25) is 4.79 Å². The van der Waals surface area contributed by atoms with E-state index in [1.807, 2.05) is 55.4 Å². The molecular formula is C17H22N2O. The summed E-state index contributed by atoms with van der Waals surface area (Å²) in [5.41, 5.74) is 3.09. The molecule has 0 spiro atoms. The molecule has 3 heteroatoms. The molecule has 0 aliphatic carbocycles. The second kappa shape index (κ2) is 6.42. The molecule has 0 saturated heterocycles. The maximum Gasteiger partial charge on any atom is 0.254 e. The van der Waals surface area contributed by atoms with Gasteiger partial charge in [-0.1, -0.05) is 24.6 Å². The summed E-state index contributed by atoms with van der Waals surface area (Å²) in [5.74, 6) is 0.105. The van der Waals surface area contributed by atoms with Crippen molar-refractivity contribution in [2.24, 2.45) is 7.05 Å². The fourth-order valence-electron chi connectivity index (χ4n) is 2.26. The van der Waals surface area contributed by atoms with E-state index in [9.17, 15) is 4.79 Å². The zero-order valence-corrected chi connectivity index (χ0v) is 12.5. The van der Waals surface area contributed by atoms with Gasteiger partial charge in [0.2, 0.25) is 0 Å². The molecule has 1 heterocycles. The topological polar surface area (TPSA) is 25.2 Å². The highest BCUT2D eigenvalue weighted by Crippen LogP contribution is 2.12. The molecule has 20 heavy (non-hydrogen) atoms. The molecule has 0 N–H and O–H groups in total. The molecule has 2 aromatic rings. The van der Waals surface area contributed by atoms with E-state index in [1.54, 1.807) is 0 Å². The predicted molar refractivity (Wildman–Crippen MR) is 81.6 cm³/mol. The average Bonchev–Trinajstić information content (AvgIpc) is 2.84. The number of benzene rings is 1. The van der Waals surface area contributed by atoms with E-state index in [-0.39, 0.29) is 5.91 Å². The molecule has 1 aromatic heterocycles. The lowest BCUT2D eigenvalue weighted by atomic mass is 10.1. The summed E-state index contributed by atoms with van der Waals surface area (Å²) >= 11 is 0. The quantitative estimate of drug-likeness (QED) is 0.817. The van der Waals surface area contributed by atoms with Crippen molar-refractivity contribution in [1.82, 2.24) is 9.47 Å². The van der Waals surface area contributed by atoms with E-state index in [2.05, 4.69) is 17.6 Å². The van der Waals surface area contributed by atoms with Crippen LogP contribution in [0.5, 0.6) is 0 Å². The van der Waals surface area contributed by atoms with E-state index in [1.165, 1.54) is 5.56 Å². The van der Waals surface area contributed by atoms with Crippen LogP contribution in [0.2, 0.25) is 0 Å². The van der Waals surface area contributed by atoms with Crippen molar-refractivity contribution in [2.75, 3.05) is 6.54 Å². The van der Waals surface area contributed by atoms with Gasteiger partial charge in [0.25, 0.3) is 5.91 Å². The number of rotatable bonds is 5. The second-order valence-corrected chi connectivity index (χ2v) is 5.20. The van der Waals surface area contributed by atoms with Crippen LogP contribution >= 0.6 is 0 Å². The van der Waals surface area contributed by atoms with Gasteiger partial charge in [-0.05, 0) is 37.6 Å². The van der Waals surface area contributed by atoms with Crippen LogP contribution in [0, 0.1) is 6.92 Å². The lowest BCUT2D eigenvalue weighted by Gasteiger charge is -2.22. The van der Waals surface area contributed by atoms with Crippen molar-refractivity contribution >= 4 is 5.91 Å². The Morgan fingerprint density at radius 2 is 1.90 bits per heavy atom. The van der Waals surface area contributed by atoms with E-state index in [4.69, 9.17) is 0 Å². The maximum atomic E-state index is 12.6. The summed E-state index contributed by atoms with van der Waals surface area (Å²) in [4.78, 5) is 14.5. The number of nitrogens with zero attached hydrogens (tertiary/aromatic N) is 2. The van der Waals surface area contributed by atoms with Gasteiger partial charge in [0.15, 0.2) is 0 Å². The minimum absolute atomic E-state index is 0.105. The molecule has 0 fully saturated rings. The van der Waals surface area contributed by atoms with Crippen molar-refractivity contribution in [1.29, 1.82) is 0 Å². The molecule has 2 rings (SSSR count). The predicted octanol–water partition coefficient (Wildman–Crippen LogP) is 3.39. The fraction of sp³-hybridized carbons (Fsp3) is 0.353. The normalized spacial score (nSPS) is 10.6. The Balaban J connectivity index is 2.17. The molecule has 0 unspecified atom stereocenters. The van der Waals surface area contributed by atoms with Crippen LogP contribution in [0.3, 0.4) is 0 Å². The van der Waals surface area contributed by atoms with Gasteiger partial charge in [0.1, 0.15) is 0 Å². The molecule has 0 atom stereocenters. The molecule has 3 nitrogen and oxygen atoms in total. The van der Waals surface area contributed by atoms with Crippen LogP contribution in [0.1, 0.15) is 35.0 Å². The Labute approximate surface area is 120 Å². The number of hydrogen-bond acceptors (Lipinski definition) is 1. The Morgan fingerprint density at radius 3 is 2.45 bits per heavy atom. The highest BCUT2D eigenvalue weighted by molar-refractivity contribution is 5.94. The molecule has 0 aliphatic heterocycles. The first-order chi connectivity index (χ1) is 9.61. The summed E-state index contributed by atoms with van der Waals surface area (Å²) in [6.45, 7) is 5.56. The van der Waals surface area contributed by atoms with Crippen LogP contribution in [0.25, 0.3) is 0 Å². The van der Waals surface area contributed by atoms with Gasteiger partial charge >= 0.3 is 0 Å². The molecule has 0 aliphatic rings. The SMILES string of the molecule is CCCN(Cc1cccn1C)C(=O)c1ccc(C)cc1. The van der Waals surface area contributed by atoms with Crippen LogP contribution in [-0.2, 0) is 13.6 Å². The van der Waals surface area contributed by atoms with Gasteiger partial charge in [-0.15, -0.1) is 0 Å². The van der Waals surface area contributed by atoms with Gasteiger partial charge in [0.05, 0.1) is 6.54 Å². The van der Waals surface area contributed by atoms with Crippen LogP contribution in [-0.4, -0.2) is 21.9 Å². The lowest BCUT2D eigenvalue weighted by molar-refractivity contribution is 0.0740. The Hall–Kier alpha value is -2.03. The van der Waals surface area contributed by atoms with Crippen molar-refractivity contribution in [3.63, 3.8) is 0 Å². The summed E-state index contributed by atoms with van der Waals surface area (Å²) in [6.07, 6.45) is 2.97. The summed E-state index contributed by atoms with van der Waals surface area (Å²) in [7, 11) is 2.01. The average molecular weight is 270 g/mol. The van der Waals surface area contributed by atoms with Crippen molar-refractivity contribution in [3.8, 4) is 0 Å². The molecule has 0 radical (unpaired) electrons. The second-order valence-electron chi connectivity index (χ2n) is 5.20. The third kappa shape index (κ3) is 3.29. The zero-order chi connectivity index (χ0) is 14.5. The van der Waals surface area contributed by atoms with Gasteiger partial charge in [-0.25, -0.2) is 0 Å². The summed E-state index contributed by atoms with van der Waals surface area (Å²) < 4.78 is 2.06. The first kappa shape index (κ1) is 14.4. The van der Waals surface area contributed by atoms with E-state index in [0.29, 0.717) is 6.54 Å². The number of amides is 1. The molecular weight excluding hydrogens is 248 g/mol. The first-order valence-electron chi connectivity index (χ1n) is 7.08. The maximum absolute atomic E-state index is 12.6. The highest BCUT2D eigenvalue weighted by atomic mass is 16.2. The van der Waals surface area contributed by atoms with Crippen molar-refractivity contribution in [3.05, 3.63) is 59.4 Å². The van der Waals surface area contributed by atoms with Crippen LogP contribution in [0.4, 0.5) is 0 Å². The minimum Gasteiger partial charge on any atom is -0.353 e. The monoisotopic (exact) mass is 270 g/mol. The minimum atomic E-state index is 0.105. The van der Waals surface area contributed by atoms with E-state index < -0.39 is 0 Å². The van der Waals surface area contributed by atoms with Crippen LogP contribution in [0.15, 0.2) is 42.6 Å². The van der Waals surface area contributed by atoms with Crippen molar-refractivity contribution in [2.45, 2.75) is 26.8 Å². The highest BCUT2D eigenvalue weighted by Gasteiger charge is 2.16. The fourth-order valence-corrected chi connectivity index (χ4v) is 2.26. The number of carbonyl (C=O) groups excluding carboxylic acids is 1. The smallest absolute Gasteiger partial charge is 0.254 e. The van der Waals surface area contributed by atoms with Crippen molar-refractivity contribution < 1.29 is 4.79 Å². The van der Waals surface area contributed by atoms with Gasteiger partial charge in [-0.2, -0.15) is 0 Å². The lowest BCUT2D eigenvalue weighted by Crippen LogP contribution is -2.32. The Bertz CT molecular complexity index is 569. The zero-order valence-electron chi connectivity index (χ0n) is 12.5. The van der Waals surface area contributed by atoms with Gasteiger partial charge in [0, 0.05) is 31.0 Å². The number of carbonyl (C=O) groups is 1. The van der Waals surface area contributed by atoms with E-state index in [0.717, 1.165) is 24.2 Å². The van der Waals surface area contributed by atoms with Crippen LogP contribution < -0.4 is 0 Å².